The van der Waals surface area contributed by atoms with Gasteiger partial charge in [-0.25, -0.2) is 4.39 Å². The summed E-state index contributed by atoms with van der Waals surface area (Å²) in [6.45, 7) is 0.223. The summed E-state index contributed by atoms with van der Waals surface area (Å²) >= 11 is 6.29. The Morgan fingerprint density at radius 2 is 1.79 bits per heavy atom. The van der Waals surface area contributed by atoms with Crippen LogP contribution in [0.4, 0.5) is 10.1 Å². The molecule has 1 N–H and O–H groups in total. The number of sulfonamides is 1. The van der Waals surface area contributed by atoms with Crippen LogP contribution in [0.2, 0.25) is 5.02 Å². The molecule has 3 aromatic rings. The second-order valence-corrected chi connectivity index (χ2v) is 8.08. The molecule has 5 nitrogen and oxygen atoms in total. The number of nitrogens with one attached hydrogen (secondary N) is 1. The van der Waals surface area contributed by atoms with Crippen molar-refractivity contribution in [2.24, 2.45) is 4.40 Å². The Bertz CT molecular complexity index is 1180. The van der Waals surface area contributed by atoms with Gasteiger partial charge in [0, 0.05) is 5.56 Å². The Hall–Kier alpha value is -2.90. The van der Waals surface area contributed by atoms with Crippen LogP contribution in [0.3, 0.4) is 0 Å². The molecule has 1 aliphatic rings. The topological polar surface area (TPSA) is 67.8 Å². The minimum atomic E-state index is -3.79. The molecule has 4 rings (SSSR count). The van der Waals surface area contributed by atoms with Gasteiger partial charge < -0.3 is 10.1 Å². The van der Waals surface area contributed by atoms with E-state index in [4.69, 9.17) is 16.3 Å². The van der Waals surface area contributed by atoms with Crippen LogP contribution in [-0.4, -0.2) is 14.3 Å². The molecule has 0 unspecified atom stereocenters. The van der Waals surface area contributed by atoms with Gasteiger partial charge in [-0.2, -0.15) is 8.42 Å². The zero-order valence-electron chi connectivity index (χ0n) is 14.4. The van der Waals surface area contributed by atoms with Crippen LogP contribution in [-0.2, 0) is 16.6 Å². The minimum Gasteiger partial charge on any atom is -0.487 e. The molecular formula is C20H14ClFN2O3S. The quantitative estimate of drug-likeness (QED) is 0.673. The number of nitrogens with zero attached hydrogens (tertiary/aromatic N) is 1. The van der Waals surface area contributed by atoms with Crippen LogP contribution in [0.25, 0.3) is 0 Å². The summed E-state index contributed by atoms with van der Waals surface area (Å²) in [5.74, 6) is 0.295. The van der Waals surface area contributed by atoms with Gasteiger partial charge >= 0.3 is 0 Å². The highest BCUT2D eigenvalue weighted by Gasteiger charge is 2.25. The number of hydrogen-bond donors (Lipinski definition) is 1. The summed E-state index contributed by atoms with van der Waals surface area (Å²) < 4.78 is 47.2. The fourth-order valence-electron chi connectivity index (χ4n) is 2.75. The largest absolute Gasteiger partial charge is 0.487 e. The average Bonchev–Trinajstić information content (AvgIpc) is 2.68. The van der Waals surface area contributed by atoms with Crippen LogP contribution in [0.15, 0.2) is 76.0 Å². The zero-order valence-corrected chi connectivity index (χ0v) is 16.0. The summed E-state index contributed by atoms with van der Waals surface area (Å²) in [6.07, 6.45) is 0. The van der Waals surface area contributed by atoms with Gasteiger partial charge in [-0.15, -0.1) is 4.40 Å². The predicted octanol–water partition coefficient (Wildman–Crippen LogP) is 4.62. The first-order valence-corrected chi connectivity index (χ1v) is 10.1. The number of fused-ring (bicyclic) bond motifs is 1. The maximum atomic E-state index is 13.0. The van der Waals surface area contributed by atoms with E-state index in [0.29, 0.717) is 22.0 Å². The summed E-state index contributed by atoms with van der Waals surface area (Å²) in [4.78, 5) is 0.129. The molecule has 1 aliphatic heterocycles. The van der Waals surface area contributed by atoms with E-state index in [2.05, 4.69) is 9.71 Å². The second-order valence-electron chi connectivity index (χ2n) is 6.10. The lowest BCUT2D eigenvalue weighted by Crippen LogP contribution is -2.22. The first-order chi connectivity index (χ1) is 13.4. The highest BCUT2D eigenvalue weighted by molar-refractivity contribution is 7.90. The van der Waals surface area contributed by atoms with E-state index in [1.807, 2.05) is 0 Å². The lowest BCUT2D eigenvalue weighted by atomic mass is 10.2. The van der Waals surface area contributed by atoms with E-state index in [1.165, 1.54) is 18.2 Å². The third kappa shape index (κ3) is 3.72. The van der Waals surface area contributed by atoms with Gasteiger partial charge in [0.25, 0.3) is 10.0 Å². The molecule has 28 heavy (non-hydrogen) atoms. The van der Waals surface area contributed by atoms with Crippen LogP contribution in [0.1, 0.15) is 11.1 Å². The predicted molar refractivity (Wildman–Crippen MR) is 106 cm³/mol. The molecular weight excluding hydrogens is 403 g/mol. The Balaban J connectivity index is 1.56. The van der Waals surface area contributed by atoms with Crippen LogP contribution in [0.5, 0.6) is 5.75 Å². The Kier molecular flexibility index (Phi) is 4.78. The van der Waals surface area contributed by atoms with Gasteiger partial charge in [-0.3, -0.25) is 0 Å². The number of rotatable bonds is 4. The fraction of sp³-hybridized carbons (Fsp3) is 0.0500. The smallest absolute Gasteiger partial charge is 0.286 e. The number of halogens is 2. The highest BCUT2D eigenvalue weighted by Crippen LogP contribution is 2.31. The van der Waals surface area contributed by atoms with Crippen molar-refractivity contribution in [3.63, 3.8) is 0 Å². The molecule has 0 fully saturated rings. The molecule has 0 radical (unpaired) electrons. The SMILES string of the molecule is O=S1(=O)N=C(c2ccc(OCc3ccc(F)cc3)c(Cl)c2)Nc2ccccc21. The molecule has 8 heteroatoms. The fourth-order valence-corrected chi connectivity index (χ4v) is 4.12. The third-order valence-electron chi connectivity index (χ3n) is 4.14. The zero-order chi connectivity index (χ0) is 19.7. The summed E-state index contributed by atoms with van der Waals surface area (Å²) in [5, 5.41) is 3.32. The number of hydrogen-bond acceptors (Lipinski definition) is 4. The van der Waals surface area contributed by atoms with E-state index in [1.54, 1.807) is 48.5 Å². The lowest BCUT2D eigenvalue weighted by molar-refractivity contribution is 0.306. The van der Waals surface area contributed by atoms with Crippen molar-refractivity contribution in [3.8, 4) is 5.75 Å². The number of amidine groups is 1. The van der Waals surface area contributed by atoms with E-state index >= 15 is 0 Å². The number of ether oxygens (including phenoxy) is 1. The Labute approximate surface area is 166 Å². The van der Waals surface area contributed by atoms with Crippen molar-refractivity contribution >= 4 is 33.1 Å². The summed E-state index contributed by atoms with van der Waals surface area (Å²) in [5.41, 5.74) is 1.76. The molecule has 0 bridgehead atoms. The van der Waals surface area contributed by atoms with Crippen LogP contribution < -0.4 is 10.1 Å². The molecule has 3 aromatic carbocycles. The maximum Gasteiger partial charge on any atom is 0.286 e. The first kappa shape index (κ1) is 18.5. The van der Waals surface area contributed by atoms with Crippen LogP contribution >= 0.6 is 11.6 Å². The van der Waals surface area contributed by atoms with Gasteiger partial charge in [0.15, 0.2) is 5.84 Å². The molecule has 0 atom stereocenters. The molecule has 0 aliphatic carbocycles. The summed E-state index contributed by atoms with van der Waals surface area (Å²) in [6, 6.07) is 17.4. The number of anilines is 1. The Morgan fingerprint density at radius 1 is 1.04 bits per heavy atom. The molecule has 142 valence electrons. The normalized spacial score (nSPS) is 14.6. The van der Waals surface area contributed by atoms with Gasteiger partial charge in [0.1, 0.15) is 23.1 Å². The van der Waals surface area contributed by atoms with Gasteiger partial charge in [-0.1, -0.05) is 35.9 Å². The summed E-state index contributed by atoms with van der Waals surface area (Å²) in [7, 11) is -3.79. The van der Waals surface area contributed by atoms with Gasteiger partial charge in [-0.05, 0) is 48.0 Å². The second kappa shape index (κ2) is 7.26. The highest BCUT2D eigenvalue weighted by atomic mass is 35.5. The molecule has 1 heterocycles. The lowest BCUT2D eigenvalue weighted by Gasteiger charge is -2.18. The molecule has 0 saturated carbocycles. The number of benzene rings is 3. The van der Waals surface area contributed by atoms with E-state index in [9.17, 15) is 12.8 Å². The van der Waals surface area contributed by atoms with Crippen molar-refractivity contribution in [2.75, 3.05) is 5.32 Å². The van der Waals surface area contributed by atoms with Gasteiger partial charge in [0.2, 0.25) is 0 Å². The maximum absolute atomic E-state index is 13.0. The van der Waals surface area contributed by atoms with E-state index in [-0.39, 0.29) is 23.2 Å². The third-order valence-corrected chi connectivity index (χ3v) is 5.77. The Morgan fingerprint density at radius 3 is 2.54 bits per heavy atom. The van der Waals surface area contributed by atoms with Crippen molar-refractivity contribution in [1.82, 2.24) is 0 Å². The first-order valence-electron chi connectivity index (χ1n) is 8.30. The van der Waals surface area contributed by atoms with E-state index in [0.717, 1.165) is 5.56 Å². The van der Waals surface area contributed by atoms with Crippen molar-refractivity contribution in [3.05, 3.63) is 88.7 Å². The van der Waals surface area contributed by atoms with Crippen molar-refractivity contribution in [2.45, 2.75) is 11.5 Å². The molecule has 0 aromatic heterocycles. The molecule has 0 spiro atoms. The van der Waals surface area contributed by atoms with E-state index < -0.39 is 10.0 Å². The molecule has 0 amide bonds. The average molecular weight is 417 g/mol. The van der Waals surface area contributed by atoms with Crippen molar-refractivity contribution < 1.29 is 17.5 Å². The standard InChI is InChI=1S/C20H14ClFN2O3S/c21-16-11-14(7-10-18(16)27-12-13-5-8-15(22)9-6-13)20-23-17-3-1-2-4-19(17)28(25,26)24-20/h1-11H,12H2,(H,23,24). The van der Waals surface area contributed by atoms with Crippen molar-refractivity contribution in [1.29, 1.82) is 0 Å². The molecule has 0 saturated heterocycles. The number of para-hydroxylation sites is 1. The monoisotopic (exact) mass is 416 g/mol. The van der Waals surface area contributed by atoms with Gasteiger partial charge in [0.05, 0.1) is 10.7 Å². The minimum absolute atomic E-state index is 0.129. The van der Waals surface area contributed by atoms with Crippen LogP contribution in [0, 0.1) is 5.82 Å².